The SMILES string of the molecule is Cc1[nH]c2ccccc2c1N(C)C(=O)C1CCCN1. The number of H-pyrrole nitrogens is 1. The van der Waals surface area contributed by atoms with Crippen LogP contribution in [-0.2, 0) is 4.79 Å². The van der Waals surface area contributed by atoms with Crippen molar-refractivity contribution in [3.05, 3.63) is 30.0 Å². The molecule has 1 aliphatic heterocycles. The van der Waals surface area contributed by atoms with Crippen LogP contribution in [0.25, 0.3) is 10.9 Å². The second-order valence-corrected chi connectivity index (χ2v) is 5.19. The number of aromatic nitrogens is 1. The van der Waals surface area contributed by atoms with Gasteiger partial charge in [0, 0.05) is 23.6 Å². The predicted molar refractivity (Wildman–Crippen MR) is 77.5 cm³/mol. The van der Waals surface area contributed by atoms with Crippen LogP contribution in [0.4, 0.5) is 5.69 Å². The van der Waals surface area contributed by atoms with Crippen LogP contribution in [0, 0.1) is 6.92 Å². The quantitative estimate of drug-likeness (QED) is 0.866. The first-order valence-electron chi connectivity index (χ1n) is 6.77. The van der Waals surface area contributed by atoms with Crippen LogP contribution in [0.15, 0.2) is 24.3 Å². The van der Waals surface area contributed by atoms with Crippen molar-refractivity contribution in [2.45, 2.75) is 25.8 Å². The highest BCUT2D eigenvalue weighted by Crippen LogP contribution is 2.30. The van der Waals surface area contributed by atoms with E-state index < -0.39 is 0 Å². The molecule has 1 amide bonds. The first kappa shape index (κ1) is 12.2. The van der Waals surface area contributed by atoms with Crippen molar-refractivity contribution in [3.8, 4) is 0 Å². The molecule has 1 unspecified atom stereocenters. The molecule has 1 saturated heterocycles. The van der Waals surface area contributed by atoms with Crippen LogP contribution >= 0.6 is 0 Å². The number of anilines is 1. The predicted octanol–water partition coefficient (Wildman–Crippen LogP) is 2.19. The Balaban J connectivity index is 1.98. The maximum absolute atomic E-state index is 12.5. The summed E-state index contributed by atoms with van der Waals surface area (Å²) in [5, 5.41) is 4.37. The Bertz CT molecular complexity index is 611. The topological polar surface area (TPSA) is 48.1 Å². The molecular formula is C15H19N3O. The summed E-state index contributed by atoms with van der Waals surface area (Å²) >= 11 is 0. The highest BCUT2D eigenvalue weighted by Gasteiger charge is 2.27. The molecule has 0 aliphatic carbocycles. The average molecular weight is 257 g/mol. The molecule has 0 spiro atoms. The van der Waals surface area contributed by atoms with Crippen molar-refractivity contribution in [1.29, 1.82) is 0 Å². The van der Waals surface area contributed by atoms with Crippen molar-refractivity contribution in [3.63, 3.8) is 0 Å². The van der Waals surface area contributed by atoms with E-state index in [0.29, 0.717) is 0 Å². The number of benzene rings is 1. The van der Waals surface area contributed by atoms with Gasteiger partial charge < -0.3 is 15.2 Å². The van der Waals surface area contributed by atoms with Crippen molar-refractivity contribution >= 4 is 22.5 Å². The minimum absolute atomic E-state index is 0.0296. The van der Waals surface area contributed by atoms with Gasteiger partial charge in [-0.25, -0.2) is 0 Å². The number of hydrogen-bond acceptors (Lipinski definition) is 2. The average Bonchev–Trinajstić information content (AvgIpc) is 3.03. The van der Waals surface area contributed by atoms with Crippen LogP contribution in [0.3, 0.4) is 0 Å². The third kappa shape index (κ3) is 2.02. The molecule has 2 aromatic rings. The lowest BCUT2D eigenvalue weighted by molar-refractivity contribution is -0.119. The Labute approximate surface area is 112 Å². The number of rotatable bonds is 2. The van der Waals surface area contributed by atoms with Crippen molar-refractivity contribution in [2.24, 2.45) is 0 Å². The van der Waals surface area contributed by atoms with E-state index in [4.69, 9.17) is 0 Å². The lowest BCUT2D eigenvalue weighted by atomic mass is 10.1. The van der Waals surface area contributed by atoms with Gasteiger partial charge in [-0.3, -0.25) is 4.79 Å². The summed E-state index contributed by atoms with van der Waals surface area (Å²) in [4.78, 5) is 17.6. The van der Waals surface area contributed by atoms with E-state index in [1.165, 1.54) is 0 Å². The molecule has 1 aromatic heterocycles. The summed E-state index contributed by atoms with van der Waals surface area (Å²) in [5.74, 6) is 0.158. The van der Waals surface area contributed by atoms with Gasteiger partial charge in [-0.1, -0.05) is 18.2 Å². The van der Waals surface area contributed by atoms with Gasteiger partial charge in [-0.15, -0.1) is 0 Å². The normalized spacial score (nSPS) is 18.9. The number of nitrogens with zero attached hydrogens (tertiary/aromatic N) is 1. The molecule has 100 valence electrons. The number of nitrogens with one attached hydrogen (secondary N) is 2. The lowest BCUT2D eigenvalue weighted by Gasteiger charge is -2.21. The molecule has 4 heteroatoms. The summed E-state index contributed by atoms with van der Waals surface area (Å²) in [6.07, 6.45) is 2.02. The van der Waals surface area contributed by atoms with Crippen molar-refractivity contribution in [2.75, 3.05) is 18.5 Å². The lowest BCUT2D eigenvalue weighted by Crippen LogP contribution is -2.41. The fraction of sp³-hybridized carbons (Fsp3) is 0.400. The molecule has 0 radical (unpaired) electrons. The Kier molecular flexibility index (Phi) is 3.03. The zero-order valence-electron chi connectivity index (χ0n) is 11.4. The Morgan fingerprint density at radius 2 is 2.16 bits per heavy atom. The maximum atomic E-state index is 12.5. The molecule has 0 bridgehead atoms. The van der Waals surface area contributed by atoms with Gasteiger partial charge in [-0.2, -0.15) is 0 Å². The number of likely N-dealkylation sites (N-methyl/N-ethyl adjacent to an activating group) is 1. The first-order valence-corrected chi connectivity index (χ1v) is 6.77. The molecule has 1 aromatic carbocycles. The molecule has 2 N–H and O–H groups in total. The summed E-state index contributed by atoms with van der Waals surface area (Å²) in [5.41, 5.74) is 3.11. The first-order chi connectivity index (χ1) is 9.18. The number of aromatic amines is 1. The summed E-state index contributed by atoms with van der Waals surface area (Å²) in [6, 6.07) is 8.07. The fourth-order valence-electron chi connectivity index (χ4n) is 2.93. The van der Waals surface area contributed by atoms with Gasteiger partial charge >= 0.3 is 0 Å². The molecular weight excluding hydrogens is 238 g/mol. The smallest absolute Gasteiger partial charge is 0.243 e. The van der Waals surface area contributed by atoms with E-state index in [9.17, 15) is 4.79 Å². The fourth-order valence-corrected chi connectivity index (χ4v) is 2.93. The summed E-state index contributed by atoms with van der Waals surface area (Å²) in [6.45, 7) is 2.96. The number of carbonyl (C=O) groups excluding carboxylic acids is 1. The molecule has 1 atom stereocenters. The molecule has 3 rings (SSSR count). The van der Waals surface area contributed by atoms with Gasteiger partial charge in [0.05, 0.1) is 11.7 Å². The maximum Gasteiger partial charge on any atom is 0.243 e. The summed E-state index contributed by atoms with van der Waals surface area (Å²) < 4.78 is 0. The summed E-state index contributed by atoms with van der Waals surface area (Å²) in [7, 11) is 1.87. The Morgan fingerprint density at radius 3 is 2.89 bits per heavy atom. The molecule has 19 heavy (non-hydrogen) atoms. The second kappa shape index (κ2) is 4.70. The van der Waals surface area contributed by atoms with Crippen LogP contribution < -0.4 is 10.2 Å². The molecule has 1 fully saturated rings. The molecule has 4 nitrogen and oxygen atoms in total. The van der Waals surface area contributed by atoms with Crippen LogP contribution in [0.1, 0.15) is 18.5 Å². The molecule has 2 heterocycles. The van der Waals surface area contributed by atoms with E-state index in [-0.39, 0.29) is 11.9 Å². The zero-order valence-corrected chi connectivity index (χ0v) is 11.4. The van der Waals surface area contributed by atoms with Gasteiger partial charge in [-0.05, 0) is 32.4 Å². The third-order valence-electron chi connectivity index (χ3n) is 3.88. The van der Waals surface area contributed by atoms with Gasteiger partial charge in [0.25, 0.3) is 0 Å². The Morgan fingerprint density at radius 1 is 1.37 bits per heavy atom. The standard InChI is InChI=1S/C15H19N3O/c1-10-14(11-6-3-4-7-12(11)17-10)18(2)15(19)13-8-5-9-16-13/h3-4,6-7,13,16-17H,5,8-9H2,1-2H3. The van der Waals surface area contributed by atoms with Crippen molar-refractivity contribution < 1.29 is 4.79 Å². The van der Waals surface area contributed by atoms with Crippen molar-refractivity contribution in [1.82, 2.24) is 10.3 Å². The minimum atomic E-state index is -0.0296. The Hall–Kier alpha value is -1.81. The van der Waals surface area contributed by atoms with Gasteiger partial charge in [0.2, 0.25) is 5.91 Å². The second-order valence-electron chi connectivity index (χ2n) is 5.19. The van der Waals surface area contributed by atoms with E-state index >= 15 is 0 Å². The van der Waals surface area contributed by atoms with Gasteiger partial charge in [0.15, 0.2) is 0 Å². The van der Waals surface area contributed by atoms with Crippen LogP contribution in [-0.4, -0.2) is 30.5 Å². The van der Waals surface area contributed by atoms with E-state index in [0.717, 1.165) is 41.7 Å². The number of fused-ring (bicyclic) bond motifs is 1. The zero-order chi connectivity index (χ0) is 13.4. The molecule has 1 aliphatic rings. The third-order valence-corrected chi connectivity index (χ3v) is 3.88. The monoisotopic (exact) mass is 257 g/mol. The number of amides is 1. The van der Waals surface area contributed by atoms with E-state index in [1.54, 1.807) is 4.90 Å². The molecule has 0 saturated carbocycles. The van der Waals surface area contributed by atoms with E-state index in [1.807, 2.05) is 32.2 Å². The van der Waals surface area contributed by atoms with Crippen LogP contribution in [0.2, 0.25) is 0 Å². The number of carbonyl (C=O) groups is 1. The largest absolute Gasteiger partial charge is 0.357 e. The number of aryl methyl sites for hydroxylation is 1. The highest BCUT2D eigenvalue weighted by atomic mass is 16.2. The van der Waals surface area contributed by atoms with Gasteiger partial charge in [0.1, 0.15) is 0 Å². The van der Waals surface area contributed by atoms with Crippen LogP contribution in [0.5, 0.6) is 0 Å². The minimum Gasteiger partial charge on any atom is -0.357 e. The van der Waals surface area contributed by atoms with E-state index in [2.05, 4.69) is 16.4 Å². The highest BCUT2D eigenvalue weighted by molar-refractivity contribution is 6.06. The number of hydrogen-bond donors (Lipinski definition) is 2. The number of para-hydroxylation sites is 1.